The molecule has 14 rings (SSSR count). The molecule has 10 aromatic carbocycles. The molecule has 0 N–H and O–H groups in total. The average Bonchev–Trinajstić information content (AvgIpc) is 4.20. The number of allylic oxidation sites excluding steroid dienone is 1. The first-order valence-electron chi connectivity index (χ1n) is 23.8. The van der Waals surface area contributed by atoms with E-state index < -0.39 is 0 Å². The number of furan rings is 2. The molecule has 0 aliphatic carbocycles. The fourth-order valence-electron chi connectivity index (χ4n) is 10.6. The van der Waals surface area contributed by atoms with E-state index in [-0.39, 0.29) is 0 Å². The quantitative estimate of drug-likeness (QED) is 0.143. The van der Waals surface area contributed by atoms with Gasteiger partial charge in [0.2, 0.25) is 0 Å². The molecule has 5 nitrogen and oxygen atoms in total. The van der Waals surface area contributed by atoms with Crippen LogP contribution in [0.2, 0.25) is 0 Å². The Kier molecular flexibility index (Phi) is 9.61. The minimum atomic E-state index is 0.480. The summed E-state index contributed by atoms with van der Waals surface area (Å²) in [5.41, 5.74) is 18.5. The second kappa shape index (κ2) is 16.6. The molecule has 0 unspecified atom stereocenters. The monoisotopic (exact) mass is 927 g/mol. The van der Waals surface area contributed by atoms with Crippen molar-refractivity contribution >= 4 is 95.6 Å². The number of fused-ring (bicyclic) bond motifs is 10. The number of aromatic nitrogens is 1. The fourth-order valence-corrected chi connectivity index (χ4v) is 11.8. The Balaban J connectivity index is 0.862. The van der Waals surface area contributed by atoms with Crippen LogP contribution in [-0.2, 0) is 6.54 Å². The van der Waals surface area contributed by atoms with Crippen molar-refractivity contribution in [3.8, 4) is 39.1 Å². The first-order valence-corrected chi connectivity index (χ1v) is 24.6. The Bertz CT molecular complexity index is 4340. The number of benzene rings is 10. The largest absolute Gasteiger partial charge is 0.455 e. The van der Waals surface area contributed by atoms with E-state index in [2.05, 4.69) is 211 Å². The number of hydrogen-bond acceptors (Lipinski definition) is 5. The van der Waals surface area contributed by atoms with Crippen molar-refractivity contribution in [3.05, 3.63) is 246 Å². The maximum absolute atomic E-state index is 6.43. The molecule has 0 bridgehead atoms. The van der Waals surface area contributed by atoms with Gasteiger partial charge in [-0.05, 0) is 89.1 Å². The van der Waals surface area contributed by atoms with Gasteiger partial charge < -0.3 is 13.4 Å². The van der Waals surface area contributed by atoms with Gasteiger partial charge in [0.15, 0.2) is 0 Å². The number of nitrogens with zero attached hydrogens (tertiary/aromatic N) is 3. The first-order chi connectivity index (χ1) is 35.1. The van der Waals surface area contributed by atoms with Crippen molar-refractivity contribution in [1.82, 2.24) is 4.57 Å². The second-order valence-corrected chi connectivity index (χ2v) is 19.1. The van der Waals surface area contributed by atoms with E-state index in [4.69, 9.17) is 18.8 Å². The summed E-state index contributed by atoms with van der Waals surface area (Å²) in [6.45, 7) is 4.64. The van der Waals surface area contributed by atoms with Gasteiger partial charge in [0, 0.05) is 65.2 Å². The van der Waals surface area contributed by atoms with Crippen LogP contribution in [-0.4, -0.2) is 17.0 Å². The van der Waals surface area contributed by atoms with Gasteiger partial charge in [0.05, 0.1) is 33.9 Å². The predicted molar refractivity (Wildman–Crippen MR) is 297 cm³/mol. The third kappa shape index (κ3) is 6.79. The molecule has 0 spiro atoms. The first kappa shape index (κ1) is 41.0. The third-order valence-electron chi connectivity index (χ3n) is 14.0. The molecule has 1 aliphatic heterocycles. The van der Waals surface area contributed by atoms with Crippen molar-refractivity contribution in [2.24, 2.45) is 9.98 Å². The summed E-state index contributed by atoms with van der Waals surface area (Å²) in [7, 11) is 0. The minimum absolute atomic E-state index is 0.480. The van der Waals surface area contributed by atoms with Gasteiger partial charge in [-0.25, -0.2) is 0 Å². The minimum Gasteiger partial charge on any atom is -0.455 e. The highest BCUT2D eigenvalue weighted by atomic mass is 32.2. The normalized spacial score (nSPS) is 13.9. The summed E-state index contributed by atoms with van der Waals surface area (Å²) < 4.78 is 15.2. The number of rotatable bonds is 8. The maximum atomic E-state index is 6.43. The van der Waals surface area contributed by atoms with Gasteiger partial charge in [0.25, 0.3) is 0 Å². The molecule has 0 atom stereocenters. The van der Waals surface area contributed by atoms with Gasteiger partial charge >= 0.3 is 0 Å². The molecule has 0 saturated heterocycles. The van der Waals surface area contributed by atoms with E-state index in [1.165, 1.54) is 21.8 Å². The number of hydrogen-bond donors (Lipinski definition) is 0. The van der Waals surface area contributed by atoms with Crippen LogP contribution >= 0.6 is 11.8 Å². The highest BCUT2D eigenvalue weighted by Crippen LogP contribution is 2.47. The fraction of sp³-hybridized carbons (Fsp3) is 0.0154. The molecule has 3 aromatic heterocycles. The average molecular weight is 928 g/mol. The summed E-state index contributed by atoms with van der Waals surface area (Å²) in [6.07, 6.45) is 0. The van der Waals surface area contributed by atoms with Crippen molar-refractivity contribution in [2.45, 2.75) is 11.4 Å². The smallest absolute Gasteiger partial charge is 0.143 e. The molecule has 4 heterocycles. The molecule has 6 heteroatoms. The van der Waals surface area contributed by atoms with Crippen molar-refractivity contribution in [1.29, 1.82) is 0 Å². The lowest BCUT2D eigenvalue weighted by Crippen LogP contribution is -2.02. The predicted octanol–water partition coefficient (Wildman–Crippen LogP) is 17.7. The van der Waals surface area contributed by atoms with Gasteiger partial charge in [-0.15, -0.1) is 0 Å². The van der Waals surface area contributed by atoms with Crippen LogP contribution in [0.1, 0.15) is 16.7 Å². The van der Waals surface area contributed by atoms with Crippen molar-refractivity contribution < 1.29 is 8.83 Å². The van der Waals surface area contributed by atoms with E-state index in [0.29, 0.717) is 6.54 Å². The van der Waals surface area contributed by atoms with E-state index >= 15 is 0 Å². The summed E-state index contributed by atoms with van der Waals surface area (Å²) in [5, 5.41) is 6.90. The van der Waals surface area contributed by atoms with Gasteiger partial charge in [-0.2, -0.15) is 0 Å². The molecule has 0 radical (unpaired) electrons. The zero-order valence-corrected chi connectivity index (χ0v) is 39.2. The van der Waals surface area contributed by atoms with Crippen LogP contribution in [0, 0.1) is 0 Å². The Labute approximate surface area is 413 Å². The summed E-state index contributed by atoms with van der Waals surface area (Å²) in [6, 6.07) is 79.4. The van der Waals surface area contributed by atoms with Crippen LogP contribution in [0.3, 0.4) is 0 Å². The van der Waals surface area contributed by atoms with Crippen LogP contribution in [0.5, 0.6) is 0 Å². The van der Waals surface area contributed by atoms with E-state index in [1.807, 2.05) is 24.3 Å². The third-order valence-corrected chi connectivity index (χ3v) is 15.2. The van der Waals surface area contributed by atoms with Gasteiger partial charge in [-0.1, -0.05) is 182 Å². The summed E-state index contributed by atoms with van der Waals surface area (Å²) in [4.78, 5) is 12.4. The topological polar surface area (TPSA) is 55.9 Å². The molecule has 71 heavy (non-hydrogen) atoms. The standard InChI is InChI=1S/C65H41N3O2S/c1-66-61(43-31-29-42(30-32-43)48-19-12-21-53-51-17-7-10-24-59(51)70-64(48)53)65-62(67-39-40-25-27-41(28-26-40)47-18-11-20-52-50-16-6-9-23-58(50)69-63(47)52)55-38-45(34-36-60(55)71-65)44-33-35-57-54(37-44)49-15-5-8-22-56(49)68(57)46-13-3-2-4-14-46/h2-38H,1,39H2/b65-61+,67-62?. The van der Waals surface area contributed by atoms with E-state index in [1.54, 1.807) is 11.8 Å². The van der Waals surface area contributed by atoms with E-state index in [0.717, 1.165) is 121 Å². The lowest BCUT2D eigenvalue weighted by Gasteiger charge is -2.10. The van der Waals surface area contributed by atoms with Crippen molar-refractivity contribution in [2.75, 3.05) is 0 Å². The summed E-state index contributed by atoms with van der Waals surface area (Å²) in [5.74, 6) is 0. The Morgan fingerprint density at radius 1 is 0.451 bits per heavy atom. The molecule has 0 saturated carbocycles. The Morgan fingerprint density at radius 2 is 1.00 bits per heavy atom. The van der Waals surface area contributed by atoms with Crippen LogP contribution in [0.4, 0.5) is 0 Å². The SMILES string of the molecule is C=N/C(=C1/Sc2ccc(-c3ccc4c(c3)c3ccccc3n4-c3ccccc3)cc2C1=NCc1ccc(-c2cccc3c2oc2ccccc23)cc1)c1ccc(-c2cccc3c2oc2ccccc23)cc1. The number of thioether (sulfide) groups is 1. The molecule has 1 aliphatic rings. The highest BCUT2D eigenvalue weighted by molar-refractivity contribution is 8.05. The van der Waals surface area contributed by atoms with Gasteiger partial charge in [-0.3, -0.25) is 9.98 Å². The molecule has 0 amide bonds. The Morgan fingerprint density at radius 3 is 1.68 bits per heavy atom. The molecular formula is C65H41N3O2S. The molecule has 13 aromatic rings. The molecular weight excluding hydrogens is 887 g/mol. The maximum Gasteiger partial charge on any atom is 0.143 e. The number of para-hydroxylation sites is 6. The molecule has 0 fully saturated rings. The van der Waals surface area contributed by atoms with Crippen LogP contribution < -0.4 is 0 Å². The van der Waals surface area contributed by atoms with Gasteiger partial charge in [0.1, 0.15) is 22.3 Å². The molecule has 334 valence electrons. The Hall–Kier alpha value is -8.97. The van der Waals surface area contributed by atoms with Crippen LogP contribution in [0.25, 0.3) is 110 Å². The van der Waals surface area contributed by atoms with Crippen molar-refractivity contribution in [3.63, 3.8) is 0 Å². The zero-order chi connectivity index (χ0) is 47.0. The second-order valence-electron chi connectivity index (χ2n) is 18.1. The van der Waals surface area contributed by atoms with Crippen LogP contribution in [0.15, 0.2) is 253 Å². The lowest BCUT2D eigenvalue weighted by molar-refractivity contribution is 0.669. The zero-order valence-electron chi connectivity index (χ0n) is 38.3. The summed E-state index contributed by atoms with van der Waals surface area (Å²) >= 11 is 1.71. The lowest BCUT2D eigenvalue weighted by atomic mass is 9.97. The highest BCUT2D eigenvalue weighted by Gasteiger charge is 2.29. The number of aliphatic imine (C=N–C) groups is 2. The van der Waals surface area contributed by atoms with E-state index in [9.17, 15) is 0 Å².